The fraction of sp³-hybridized carbons (Fsp3) is 0.500. The molecule has 0 aliphatic carbocycles. The lowest BCUT2D eigenvalue weighted by Gasteiger charge is -2.27. The summed E-state index contributed by atoms with van der Waals surface area (Å²) in [7, 11) is 0. The van der Waals surface area contributed by atoms with E-state index in [1.165, 1.54) is 5.56 Å². The van der Waals surface area contributed by atoms with Gasteiger partial charge in [0.2, 0.25) is 0 Å². The molecule has 0 saturated heterocycles. The summed E-state index contributed by atoms with van der Waals surface area (Å²) >= 11 is 0. The minimum Gasteiger partial charge on any atom is -0.480 e. The molecule has 0 spiro atoms. The highest BCUT2D eigenvalue weighted by Gasteiger charge is 2.23. The van der Waals surface area contributed by atoms with Crippen molar-refractivity contribution >= 4 is 12.0 Å². The molecule has 1 aromatic rings. The molecular formula is C16H24N2O3. The number of carbonyl (C=O) groups is 2. The largest absolute Gasteiger partial charge is 0.480 e. The van der Waals surface area contributed by atoms with Crippen LogP contribution in [-0.4, -0.2) is 28.7 Å². The van der Waals surface area contributed by atoms with E-state index < -0.39 is 23.6 Å². The maximum absolute atomic E-state index is 11.9. The van der Waals surface area contributed by atoms with Gasteiger partial charge in [0.05, 0.1) is 0 Å². The van der Waals surface area contributed by atoms with Crippen molar-refractivity contribution in [2.75, 3.05) is 0 Å². The van der Waals surface area contributed by atoms with E-state index in [1.807, 2.05) is 44.2 Å². The van der Waals surface area contributed by atoms with Crippen LogP contribution >= 0.6 is 0 Å². The summed E-state index contributed by atoms with van der Waals surface area (Å²) in [6, 6.07) is 8.75. The molecule has 1 aromatic carbocycles. The molecule has 21 heavy (non-hydrogen) atoms. The Kier molecular flexibility index (Phi) is 6.21. The van der Waals surface area contributed by atoms with E-state index in [4.69, 9.17) is 5.11 Å². The van der Waals surface area contributed by atoms with Gasteiger partial charge in [-0.1, -0.05) is 37.3 Å². The van der Waals surface area contributed by atoms with Gasteiger partial charge in [-0.15, -0.1) is 0 Å². The van der Waals surface area contributed by atoms with Gasteiger partial charge in [0.25, 0.3) is 0 Å². The predicted octanol–water partition coefficient (Wildman–Crippen LogP) is 2.56. The monoisotopic (exact) mass is 292 g/mol. The van der Waals surface area contributed by atoms with Gasteiger partial charge in [-0.2, -0.15) is 0 Å². The molecule has 0 saturated carbocycles. The summed E-state index contributed by atoms with van der Waals surface area (Å²) in [6.45, 7) is 5.58. The average Bonchev–Trinajstić information content (AvgIpc) is 2.43. The Morgan fingerprint density at radius 2 is 1.86 bits per heavy atom. The zero-order valence-corrected chi connectivity index (χ0v) is 12.8. The van der Waals surface area contributed by atoms with E-state index in [-0.39, 0.29) is 0 Å². The number of carboxylic acid groups (broad SMARTS) is 1. The second kappa shape index (κ2) is 7.67. The Labute approximate surface area is 125 Å². The summed E-state index contributed by atoms with van der Waals surface area (Å²) < 4.78 is 0. The number of hydrogen-bond donors (Lipinski definition) is 3. The van der Waals surface area contributed by atoms with Gasteiger partial charge >= 0.3 is 12.0 Å². The van der Waals surface area contributed by atoms with Crippen LogP contribution in [0.15, 0.2) is 30.3 Å². The van der Waals surface area contributed by atoms with Gasteiger partial charge in [0.1, 0.15) is 6.04 Å². The van der Waals surface area contributed by atoms with Crippen molar-refractivity contribution in [1.82, 2.24) is 10.6 Å². The van der Waals surface area contributed by atoms with Crippen molar-refractivity contribution in [2.45, 2.75) is 51.6 Å². The molecule has 0 aromatic heterocycles. The number of nitrogens with one attached hydrogen (secondary N) is 2. The molecule has 116 valence electrons. The lowest BCUT2D eigenvalue weighted by atomic mass is 9.95. The van der Waals surface area contributed by atoms with E-state index in [1.54, 1.807) is 6.92 Å². The highest BCUT2D eigenvalue weighted by atomic mass is 16.4. The van der Waals surface area contributed by atoms with Gasteiger partial charge in [0.15, 0.2) is 0 Å². The second-order valence-corrected chi connectivity index (χ2v) is 5.77. The molecule has 5 heteroatoms. The number of urea groups is 1. The highest BCUT2D eigenvalue weighted by Crippen LogP contribution is 2.13. The molecule has 0 heterocycles. The zero-order chi connectivity index (χ0) is 15.9. The maximum Gasteiger partial charge on any atom is 0.326 e. The normalized spacial score (nSPS) is 12.5. The summed E-state index contributed by atoms with van der Waals surface area (Å²) in [4.78, 5) is 22.8. The molecule has 5 nitrogen and oxygen atoms in total. The van der Waals surface area contributed by atoms with Crippen LogP contribution in [0.2, 0.25) is 0 Å². The molecule has 1 atom stereocenters. The molecule has 0 aliphatic rings. The second-order valence-electron chi connectivity index (χ2n) is 5.77. The molecule has 0 radical (unpaired) electrons. The predicted molar refractivity (Wildman–Crippen MR) is 82.2 cm³/mol. The number of aryl methyl sites for hydroxylation is 1. The maximum atomic E-state index is 11.9. The van der Waals surface area contributed by atoms with E-state index in [9.17, 15) is 9.59 Å². The molecule has 0 unspecified atom stereocenters. The molecule has 1 rings (SSSR count). The fourth-order valence-electron chi connectivity index (χ4n) is 2.00. The number of hydrogen-bond acceptors (Lipinski definition) is 2. The van der Waals surface area contributed by atoms with Crippen molar-refractivity contribution in [3.05, 3.63) is 35.9 Å². The first-order valence-corrected chi connectivity index (χ1v) is 7.19. The topological polar surface area (TPSA) is 78.4 Å². The van der Waals surface area contributed by atoms with Crippen LogP contribution in [0.3, 0.4) is 0 Å². The van der Waals surface area contributed by atoms with Crippen LogP contribution in [-0.2, 0) is 11.2 Å². The Morgan fingerprint density at radius 3 is 2.38 bits per heavy atom. The first-order chi connectivity index (χ1) is 9.84. The average molecular weight is 292 g/mol. The summed E-state index contributed by atoms with van der Waals surface area (Å²) in [5, 5.41) is 14.2. The van der Waals surface area contributed by atoms with Crippen LogP contribution in [0.5, 0.6) is 0 Å². The highest BCUT2D eigenvalue weighted by molar-refractivity contribution is 5.82. The van der Waals surface area contributed by atoms with E-state index in [0.717, 1.165) is 12.8 Å². The quantitative estimate of drug-likeness (QED) is 0.722. The van der Waals surface area contributed by atoms with Gasteiger partial charge in [-0.05, 0) is 38.7 Å². The van der Waals surface area contributed by atoms with Gasteiger partial charge in [-0.3, -0.25) is 0 Å². The zero-order valence-electron chi connectivity index (χ0n) is 12.8. The van der Waals surface area contributed by atoms with Crippen molar-refractivity contribution in [1.29, 1.82) is 0 Å². The van der Waals surface area contributed by atoms with Gasteiger partial charge < -0.3 is 15.7 Å². The summed E-state index contributed by atoms with van der Waals surface area (Å²) in [6.07, 6.45) is 1.98. The van der Waals surface area contributed by atoms with E-state index in [0.29, 0.717) is 6.42 Å². The Hall–Kier alpha value is -2.04. The molecule has 3 N–H and O–H groups in total. The van der Waals surface area contributed by atoms with Crippen molar-refractivity contribution < 1.29 is 14.7 Å². The number of benzene rings is 1. The number of amides is 2. The third-order valence-corrected chi connectivity index (χ3v) is 3.35. The standard InChI is InChI=1S/C16H24N2O3/c1-4-13(14(19)20)17-15(21)18-16(2,3)11-10-12-8-6-5-7-9-12/h5-9,13H,4,10-11H2,1-3H3,(H,19,20)(H2,17,18,21)/t13-/m0/s1. The minimum absolute atomic E-state index is 0.354. The van der Waals surface area contributed by atoms with Crippen LogP contribution in [0.1, 0.15) is 39.2 Å². The summed E-state index contributed by atoms with van der Waals surface area (Å²) in [5.74, 6) is -1.02. The fourth-order valence-corrected chi connectivity index (χ4v) is 2.00. The van der Waals surface area contributed by atoms with E-state index in [2.05, 4.69) is 10.6 Å². The number of aliphatic carboxylic acids is 1. The number of carboxylic acids is 1. The third kappa shape index (κ3) is 6.29. The van der Waals surface area contributed by atoms with Gasteiger partial charge in [-0.25, -0.2) is 9.59 Å². The van der Waals surface area contributed by atoms with Crippen LogP contribution in [0, 0.1) is 0 Å². The van der Waals surface area contributed by atoms with Crippen LogP contribution in [0.25, 0.3) is 0 Å². The van der Waals surface area contributed by atoms with Crippen molar-refractivity contribution in [3.63, 3.8) is 0 Å². The first kappa shape index (κ1) is 17.0. The number of rotatable bonds is 7. The molecule has 0 bridgehead atoms. The van der Waals surface area contributed by atoms with Gasteiger partial charge in [0, 0.05) is 5.54 Å². The SMILES string of the molecule is CC[C@H](NC(=O)NC(C)(C)CCc1ccccc1)C(=O)O. The minimum atomic E-state index is -1.02. The number of carbonyl (C=O) groups excluding carboxylic acids is 1. The summed E-state index contributed by atoms with van der Waals surface area (Å²) in [5.41, 5.74) is 0.807. The third-order valence-electron chi connectivity index (χ3n) is 3.35. The smallest absolute Gasteiger partial charge is 0.326 e. The van der Waals surface area contributed by atoms with Crippen molar-refractivity contribution in [2.24, 2.45) is 0 Å². The van der Waals surface area contributed by atoms with Crippen molar-refractivity contribution in [3.8, 4) is 0 Å². The molecule has 0 aliphatic heterocycles. The lowest BCUT2D eigenvalue weighted by molar-refractivity contribution is -0.139. The lowest BCUT2D eigenvalue weighted by Crippen LogP contribution is -2.52. The molecular weight excluding hydrogens is 268 g/mol. The Bertz CT molecular complexity index is 472. The first-order valence-electron chi connectivity index (χ1n) is 7.19. The molecule has 2 amide bonds. The van der Waals surface area contributed by atoms with E-state index >= 15 is 0 Å². The van der Waals surface area contributed by atoms with Crippen LogP contribution < -0.4 is 10.6 Å². The molecule has 0 fully saturated rings. The Morgan fingerprint density at radius 1 is 1.24 bits per heavy atom. The van der Waals surface area contributed by atoms with Crippen LogP contribution in [0.4, 0.5) is 4.79 Å². The Balaban J connectivity index is 2.47.